The van der Waals surface area contributed by atoms with Crippen LogP contribution in [0.4, 0.5) is 5.69 Å². The molecule has 1 aromatic heterocycles. The number of amides is 1. The summed E-state index contributed by atoms with van der Waals surface area (Å²) in [6.07, 6.45) is 2.67. The van der Waals surface area contributed by atoms with E-state index in [4.69, 9.17) is 11.6 Å². The molecule has 1 aromatic carbocycles. The number of phenols is 1. The molecule has 1 heterocycles. The first-order valence-corrected chi connectivity index (χ1v) is 6.85. The smallest absolute Gasteiger partial charge is 0.272 e. The van der Waals surface area contributed by atoms with E-state index < -0.39 is 0 Å². The van der Waals surface area contributed by atoms with E-state index in [1.54, 1.807) is 37.4 Å². The Labute approximate surface area is 123 Å². The Balaban J connectivity index is 2.21. The maximum Gasteiger partial charge on any atom is 0.272 e. The summed E-state index contributed by atoms with van der Waals surface area (Å²) in [7, 11) is 0. The number of benzene rings is 1. The normalized spacial score (nSPS) is 10.6. The first-order chi connectivity index (χ1) is 9.51. The van der Waals surface area contributed by atoms with Crippen molar-refractivity contribution in [2.24, 2.45) is 0 Å². The first kappa shape index (κ1) is 14.5. The number of carbonyl (C=O) groups excluding carboxylic acids is 1. The lowest BCUT2D eigenvalue weighted by Crippen LogP contribution is -2.16. The standard InChI is InChI=1S/C15H17ClN2O2/c1-3-6-18-9-11(16)8-13(18)15(20)17-12-4-5-14(19)10(2)7-12/h4-5,7-9,19H,3,6H2,1-2H3,(H,17,20). The van der Waals surface area contributed by atoms with Crippen molar-refractivity contribution in [3.05, 3.63) is 46.7 Å². The summed E-state index contributed by atoms with van der Waals surface area (Å²) in [6, 6.07) is 6.60. The minimum absolute atomic E-state index is 0.209. The molecule has 106 valence electrons. The highest BCUT2D eigenvalue weighted by Crippen LogP contribution is 2.21. The van der Waals surface area contributed by atoms with E-state index in [-0.39, 0.29) is 11.7 Å². The maximum absolute atomic E-state index is 12.3. The Morgan fingerprint density at radius 3 is 2.80 bits per heavy atom. The van der Waals surface area contributed by atoms with Crippen LogP contribution in [0, 0.1) is 6.92 Å². The van der Waals surface area contributed by atoms with Crippen LogP contribution in [0.1, 0.15) is 29.4 Å². The molecule has 2 N–H and O–H groups in total. The largest absolute Gasteiger partial charge is 0.508 e. The summed E-state index contributed by atoms with van der Waals surface area (Å²) < 4.78 is 1.84. The second-order valence-corrected chi connectivity index (χ2v) is 5.13. The van der Waals surface area contributed by atoms with Gasteiger partial charge < -0.3 is 15.0 Å². The second-order valence-electron chi connectivity index (χ2n) is 4.69. The van der Waals surface area contributed by atoms with E-state index in [1.807, 2.05) is 11.5 Å². The number of nitrogens with zero attached hydrogens (tertiary/aromatic N) is 1. The molecule has 0 saturated heterocycles. The zero-order valence-electron chi connectivity index (χ0n) is 11.5. The lowest BCUT2D eigenvalue weighted by molar-refractivity contribution is 0.101. The van der Waals surface area contributed by atoms with Crippen molar-refractivity contribution in [2.45, 2.75) is 26.8 Å². The number of aryl methyl sites for hydroxylation is 2. The maximum atomic E-state index is 12.3. The fourth-order valence-corrected chi connectivity index (χ4v) is 2.24. The molecule has 0 fully saturated rings. The number of carbonyl (C=O) groups is 1. The Morgan fingerprint density at radius 2 is 2.15 bits per heavy atom. The molecule has 0 saturated carbocycles. The van der Waals surface area contributed by atoms with Crippen molar-refractivity contribution >= 4 is 23.2 Å². The number of anilines is 1. The van der Waals surface area contributed by atoms with Gasteiger partial charge in [-0.2, -0.15) is 0 Å². The fourth-order valence-electron chi connectivity index (χ4n) is 2.02. The van der Waals surface area contributed by atoms with Gasteiger partial charge in [-0.25, -0.2) is 0 Å². The van der Waals surface area contributed by atoms with Gasteiger partial charge in [0.15, 0.2) is 0 Å². The molecule has 1 amide bonds. The number of aromatic hydroxyl groups is 1. The minimum atomic E-state index is -0.213. The number of halogens is 1. The summed E-state index contributed by atoms with van der Waals surface area (Å²) in [5.74, 6) is -0.00385. The van der Waals surface area contributed by atoms with Crippen molar-refractivity contribution in [2.75, 3.05) is 5.32 Å². The Morgan fingerprint density at radius 1 is 1.40 bits per heavy atom. The number of hydrogen-bond acceptors (Lipinski definition) is 2. The van der Waals surface area contributed by atoms with Gasteiger partial charge in [0.05, 0.1) is 5.02 Å². The molecule has 0 unspecified atom stereocenters. The number of phenolic OH excluding ortho intramolecular Hbond substituents is 1. The van der Waals surface area contributed by atoms with Crippen LogP contribution in [0.2, 0.25) is 5.02 Å². The Bertz CT molecular complexity index is 635. The third-order valence-electron chi connectivity index (χ3n) is 3.02. The lowest BCUT2D eigenvalue weighted by atomic mass is 10.2. The zero-order chi connectivity index (χ0) is 14.7. The van der Waals surface area contributed by atoms with Crippen LogP contribution in [0.15, 0.2) is 30.5 Å². The van der Waals surface area contributed by atoms with Gasteiger partial charge in [-0.15, -0.1) is 0 Å². The molecule has 0 radical (unpaired) electrons. The highest BCUT2D eigenvalue weighted by atomic mass is 35.5. The van der Waals surface area contributed by atoms with Gasteiger partial charge in [-0.1, -0.05) is 18.5 Å². The molecule has 5 heteroatoms. The summed E-state index contributed by atoms with van der Waals surface area (Å²) in [5, 5.41) is 12.8. The van der Waals surface area contributed by atoms with Crippen LogP contribution in [-0.2, 0) is 6.54 Å². The second kappa shape index (κ2) is 6.01. The van der Waals surface area contributed by atoms with Crippen LogP contribution < -0.4 is 5.32 Å². The van der Waals surface area contributed by atoms with Gasteiger partial charge >= 0.3 is 0 Å². The number of hydrogen-bond donors (Lipinski definition) is 2. The molecular weight excluding hydrogens is 276 g/mol. The third kappa shape index (κ3) is 3.14. The molecular formula is C15H17ClN2O2. The Hall–Kier alpha value is -1.94. The average molecular weight is 293 g/mol. The van der Waals surface area contributed by atoms with E-state index >= 15 is 0 Å². The molecule has 20 heavy (non-hydrogen) atoms. The quantitative estimate of drug-likeness (QED) is 0.842. The summed E-state index contributed by atoms with van der Waals surface area (Å²) in [5.41, 5.74) is 1.89. The summed E-state index contributed by atoms with van der Waals surface area (Å²) >= 11 is 5.96. The zero-order valence-corrected chi connectivity index (χ0v) is 12.2. The van der Waals surface area contributed by atoms with Crippen molar-refractivity contribution < 1.29 is 9.90 Å². The van der Waals surface area contributed by atoms with Gasteiger partial charge in [-0.3, -0.25) is 4.79 Å². The third-order valence-corrected chi connectivity index (χ3v) is 3.22. The van der Waals surface area contributed by atoms with Crippen LogP contribution in [-0.4, -0.2) is 15.6 Å². The lowest BCUT2D eigenvalue weighted by Gasteiger charge is -2.09. The molecule has 0 aliphatic heterocycles. The number of aromatic nitrogens is 1. The summed E-state index contributed by atoms with van der Waals surface area (Å²) in [6.45, 7) is 4.56. The van der Waals surface area contributed by atoms with Gasteiger partial charge in [0.1, 0.15) is 11.4 Å². The topological polar surface area (TPSA) is 54.3 Å². The molecule has 4 nitrogen and oxygen atoms in total. The predicted octanol–water partition coefficient (Wildman–Crippen LogP) is 3.82. The van der Waals surface area contributed by atoms with E-state index in [2.05, 4.69) is 5.32 Å². The van der Waals surface area contributed by atoms with E-state index in [0.717, 1.165) is 13.0 Å². The number of rotatable bonds is 4. The van der Waals surface area contributed by atoms with E-state index in [0.29, 0.717) is 22.0 Å². The van der Waals surface area contributed by atoms with Crippen LogP contribution in [0.25, 0.3) is 0 Å². The molecule has 0 aliphatic rings. The highest BCUT2D eigenvalue weighted by Gasteiger charge is 2.13. The van der Waals surface area contributed by atoms with Gasteiger partial charge in [0, 0.05) is 18.4 Å². The predicted molar refractivity (Wildman–Crippen MR) is 80.5 cm³/mol. The minimum Gasteiger partial charge on any atom is -0.508 e. The van der Waals surface area contributed by atoms with E-state index in [9.17, 15) is 9.90 Å². The van der Waals surface area contributed by atoms with Crippen molar-refractivity contribution in [3.8, 4) is 5.75 Å². The first-order valence-electron chi connectivity index (χ1n) is 6.48. The van der Waals surface area contributed by atoms with E-state index in [1.165, 1.54) is 0 Å². The average Bonchev–Trinajstić information content (AvgIpc) is 2.75. The van der Waals surface area contributed by atoms with Gasteiger partial charge in [0.25, 0.3) is 5.91 Å². The number of nitrogens with one attached hydrogen (secondary N) is 1. The van der Waals surface area contributed by atoms with Crippen molar-refractivity contribution in [1.29, 1.82) is 0 Å². The molecule has 0 spiro atoms. The summed E-state index contributed by atoms with van der Waals surface area (Å²) in [4.78, 5) is 12.3. The van der Waals surface area contributed by atoms with Crippen LogP contribution in [0.5, 0.6) is 5.75 Å². The Kier molecular flexibility index (Phi) is 4.35. The molecule has 0 atom stereocenters. The van der Waals surface area contributed by atoms with Crippen molar-refractivity contribution in [1.82, 2.24) is 4.57 Å². The molecule has 2 aromatic rings. The van der Waals surface area contributed by atoms with Gasteiger partial charge in [0.2, 0.25) is 0 Å². The van der Waals surface area contributed by atoms with Crippen LogP contribution in [0.3, 0.4) is 0 Å². The monoisotopic (exact) mass is 292 g/mol. The fraction of sp³-hybridized carbons (Fsp3) is 0.267. The van der Waals surface area contributed by atoms with Gasteiger partial charge in [-0.05, 0) is 43.2 Å². The SMILES string of the molecule is CCCn1cc(Cl)cc1C(=O)Nc1ccc(O)c(C)c1. The highest BCUT2D eigenvalue weighted by molar-refractivity contribution is 6.31. The van der Waals surface area contributed by atoms with Crippen LogP contribution >= 0.6 is 11.6 Å². The molecule has 2 rings (SSSR count). The molecule has 0 aliphatic carbocycles. The van der Waals surface area contributed by atoms with Crippen molar-refractivity contribution in [3.63, 3.8) is 0 Å². The molecule has 0 bridgehead atoms.